The van der Waals surface area contributed by atoms with Crippen molar-refractivity contribution < 1.29 is 14.7 Å². The van der Waals surface area contributed by atoms with Gasteiger partial charge in [0.15, 0.2) is 0 Å². The molecule has 0 bridgehead atoms. The normalized spacial score (nSPS) is 10.3. The van der Waals surface area contributed by atoms with E-state index in [-0.39, 0.29) is 18.0 Å². The molecule has 0 saturated carbocycles. The van der Waals surface area contributed by atoms with Crippen molar-refractivity contribution in [3.8, 4) is 0 Å². The van der Waals surface area contributed by atoms with E-state index in [1.54, 1.807) is 0 Å². The van der Waals surface area contributed by atoms with Crippen molar-refractivity contribution in [1.29, 1.82) is 0 Å². The molecule has 0 fully saturated rings. The van der Waals surface area contributed by atoms with Crippen LogP contribution in [0.2, 0.25) is 0 Å². The SMILES string of the molecule is Cc1ccc(NC(=O)Cn2cc(C(=O)O)cn2)c(C)c1. The molecule has 6 nitrogen and oxygen atoms in total. The summed E-state index contributed by atoms with van der Waals surface area (Å²) in [6, 6.07) is 5.74. The van der Waals surface area contributed by atoms with E-state index < -0.39 is 5.97 Å². The minimum atomic E-state index is -1.06. The number of hydrogen-bond acceptors (Lipinski definition) is 3. The van der Waals surface area contributed by atoms with Gasteiger partial charge in [-0.25, -0.2) is 4.79 Å². The number of carbonyl (C=O) groups excluding carboxylic acids is 1. The van der Waals surface area contributed by atoms with E-state index in [1.165, 1.54) is 17.1 Å². The Morgan fingerprint density at radius 3 is 2.70 bits per heavy atom. The number of carboxylic acid groups (broad SMARTS) is 1. The lowest BCUT2D eigenvalue weighted by Crippen LogP contribution is -2.19. The lowest BCUT2D eigenvalue weighted by atomic mass is 10.1. The standard InChI is InChI=1S/C14H15N3O3/c1-9-3-4-12(10(2)5-9)16-13(18)8-17-7-11(6-15-17)14(19)20/h3-7H,8H2,1-2H3,(H,16,18)(H,19,20). The van der Waals surface area contributed by atoms with Crippen molar-refractivity contribution in [3.63, 3.8) is 0 Å². The zero-order valence-corrected chi connectivity index (χ0v) is 11.3. The van der Waals surface area contributed by atoms with E-state index in [2.05, 4.69) is 10.4 Å². The zero-order valence-electron chi connectivity index (χ0n) is 11.3. The second-order valence-electron chi connectivity index (χ2n) is 4.60. The number of carboxylic acids is 1. The fourth-order valence-electron chi connectivity index (χ4n) is 1.85. The van der Waals surface area contributed by atoms with Gasteiger partial charge in [-0.2, -0.15) is 5.10 Å². The van der Waals surface area contributed by atoms with Gasteiger partial charge in [0.05, 0.1) is 11.8 Å². The minimum absolute atomic E-state index is 0.0272. The molecule has 0 aliphatic rings. The number of rotatable bonds is 4. The van der Waals surface area contributed by atoms with Crippen LogP contribution in [0.5, 0.6) is 0 Å². The highest BCUT2D eigenvalue weighted by Crippen LogP contribution is 2.15. The van der Waals surface area contributed by atoms with Crippen LogP contribution in [0, 0.1) is 13.8 Å². The van der Waals surface area contributed by atoms with Crippen LogP contribution in [-0.4, -0.2) is 26.8 Å². The number of anilines is 1. The third kappa shape index (κ3) is 3.23. The van der Waals surface area contributed by atoms with Gasteiger partial charge in [-0.3, -0.25) is 9.48 Å². The molecule has 6 heteroatoms. The second-order valence-corrected chi connectivity index (χ2v) is 4.60. The fraction of sp³-hybridized carbons (Fsp3) is 0.214. The molecule has 2 rings (SSSR count). The third-order valence-electron chi connectivity index (χ3n) is 2.84. The topological polar surface area (TPSA) is 84.2 Å². The fourth-order valence-corrected chi connectivity index (χ4v) is 1.85. The largest absolute Gasteiger partial charge is 0.478 e. The van der Waals surface area contributed by atoms with Gasteiger partial charge in [-0.15, -0.1) is 0 Å². The van der Waals surface area contributed by atoms with Crippen molar-refractivity contribution in [1.82, 2.24) is 9.78 Å². The number of benzene rings is 1. The summed E-state index contributed by atoms with van der Waals surface area (Å²) in [6.45, 7) is 3.87. The molecule has 1 aromatic heterocycles. The van der Waals surface area contributed by atoms with E-state index >= 15 is 0 Å². The predicted octanol–water partition coefficient (Wildman–Crippen LogP) is 1.84. The number of carbonyl (C=O) groups is 2. The molecule has 0 saturated heterocycles. The Morgan fingerprint density at radius 2 is 2.10 bits per heavy atom. The first kappa shape index (κ1) is 13.8. The third-order valence-corrected chi connectivity index (χ3v) is 2.84. The molecule has 0 spiro atoms. The maximum absolute atomic E-state index is 11.9. The van der Waals surface area contributed by atoms with Crippen molar-refractivity contribution >= 4 is 17.6 Å². The number of nitrogens with zero attached hydrogens (tertiary/aromatic N) is 2. The Kier molecular flexibility index (Phi) is 3.84. The molecule has 2 aromatic rings. The van der Waals surface area contributed by atoms with Crippen LogP contribution < -0.4 is 5.32 Å². The molecule has 0 atom stereocenters. The number of aromatic carboxylic acids is 1. The number of nitrogens with one attached hydrogen (secondary N) is 1. The minimum Gasteiger partial charge on any atom is -0.478 e. The number of aromatic nitrogens is 2. The van der Waals surface area contributed by atoms with Crippen LogP contribution >= 0.6 is 0 Å². The monoisotopic (exact) mass is 273 g/mol. The van der Waals surface area contributed by atoms with Gasteiger partial charge in [-0.05, 0) is 25.5 Å². The summed E-state index contributed by atoms with van der Waals surface area (Å²) < 4.78 is 1.29. The van der Waals surface area contributed by atoms with Gasteiger partial charge in [0.2, 0.25) is 5.91 Å². The zero-order chi connectivity index (χ0) is 14.7. The van der Waals surface area contributed by atoms with Gasteiger partial charge in [0.25, 0.3) is 0 Å². The Balaban J connectivity index is 2.03. The summed E-state index contributed by atoms with van der Waals surface area (Å²) in [5.74, 6) is -1.32. The Morgan fingerprint density at radius 1 is 1.35 bits per heavy atom. The van der Waals surface area contributed by atoms with Gasteiger partial charge in [0, 0.05) is 11.9 Å². The van der Waals surface area contributed by atoms with Gasteiger partial charge in [-0.1, -0.05) is 17.7 Å². The van der Waals surface area contributed by atoms with E-state index in [4.69, 9.17) is 5.11 Å². The predicted molar refractivity (Wildman–Crippen MR) is 73.7 cm³/mol. The van der Waals surface area contributed by atoms with Crippen molar-refractivity contribution in [2.45, 2.75) is 20.4 Å². The van der Waals surface area contributed by atoms with E-state index in [0.717, 1.165) is 16.8 Å². The molecule has 2 N–H and O–H groups in total. The Bertz CT molecular complexity index is 661. The summed E-state index contributed by atoms with van der Waals surface area (Å²) in [6.07, 6.45) is 2.54. The smallest absolute Gasteiger partial charge is 0.338 e. The van der Waals surface area contributed by atoms with Gasteiger partial charge in [0.1, 0.15) is 6.54 Å². The summed E-state index contributed by atoms with van der Waals surface area (Å²) >= 11 is 0. The van der Waals surface area contributed by atoms with Crippen LogP contribution in [0.3, 0.4) is 0 Å². The number of hydrogen-bond donors (Lipinski definition) is 2. The second kappa shape index (κ2) is 5.56. The first-order valence-corrected chi connectivity index (χ1v) is 6.08. The van der Waals surface area contributed by atoms with Crippen LogP contribution in [-0.2, 0) is 11.3 Å². The van der Waals surface area contributed by atoms with Crippen LogP contribution in [0.4, 0.5) is 5.69 Å². The molecule has 104 valence electrons. The van der Waals surface area contributed by atoms with Crippen molar-refractivity contribution in [2.75, 3.05) is 5.32 Å². The van der Waals surface area contributed by atoms with Crippen LogP contribution in [0.15, 0.2) is 30.6 Å². The molecule has 1 aromatic carbocycles. The molecule has 0 unspecified atom stereocenters. The number of amides is 1. The van der Waals surface area contributed by atoms with E-state index in [9.17, 15) is 9.59 Å². The summed E-state index contributed by atoms with van der Waals surface area (Å²) in [5, 5.41) is 15.4. The first-order valence-electron chi connectivity index (χ1n) is 6.08. The molecular formula is C14H15N3O3. The maximum atomic E-state index is 11.9. The van der Waals surface area contributed by atoms with Gasteiger partial charge >= 0.3 is 5.97 Å². The first-order chi connectivity index (χ1) is 9.45. The quantitative estimate of drug-likeness (QED) is 0.890. The average molecular weight is 273 g/mol. The molecule has 20 heavy (non-hydrogen) atoms. The molecule has 0 aliphatic carbocycles. The Hall–Kier alpha value is -2.63. The highest BCUT2D eigenvalue weighted by Gasteiger charge is 2.09. The summed E-state index contributed by atoms with van der Waals surface area (Å²) in [7, 11) is 0. The molecule has 0 radical (unpaired) electrons. The molecule has 1 amide bonds. The van der Waals surface area contributed by atoms with E-state index in [0.29, 0.717) is 0 Å². The maximum Gasteiger partial charge on any atom is 0.338 e. The highest BCUT2D eigenvalue weighted by molar-refractivity contribution is 5.91. The molecular weight excluding hydrogens is 258 g/mol. The number of aryl methyl sites for hydroxylation is 2. The summed E-state index contributed by atoms with van der Waals surface area (Å²) in [4.78, 5) is 22.6. The van der Waals surface area contributed by atoms with Crippen LogP contribution in [0.25, 0.3) is 0 Å². The van der Waals surface area contributed by atoms with Gasteiger partial charge < -0.3 is 10.4 Å². The lowest BCUT2D eigenvalue weighted by molar-refractivity contribution is -0.116. The molecule has 0 aliphatic heterocycles. The Labute approximate surface area is 116 Å². The van der Waals surface area contributed by atoms with Crippen molar-refractivity contribution in [3.05, 3.63) is 47.3 Å². The lowest BCUT2D eigenvalue weighted by Gasteiger charge is -2.09. The molecule has 1 heterocycles. The van der Waals surface area contributed by atoms with Crippen molar-refractivity contribution in [2.24, 2.45) is 0 Å². The highest BCUT2D eigenvalue weighted by atomic mass is 16.4. The van der Waals surface area contributed by atoms with E-state index in [1.807, 2.05) is 32.0 Å². The average Bonchev–Trinajstić information content (AvgIpc) is 2.81. The summed E-state index contributed by atoms with van der Waals surface area (Å²) in [5.41, 5.74) is 2.90. The van der Waals surface area contributed by atoms with Crippen LogP contribution in [0.1, 0.15) is 21.5 Å².